The lowest BCUT2D eigenvalue weighted by molar-refractivity contribution is -0.120. The second-order valence-corrected chi connectivity index (χ2v) is 6.77. The molecular formula is C11H12Cl2N2O3S. The standard InChI is InChI=1S/C11H12Cl2N2O3S/c1-3-18-7(16)6-4-19-9(14-6)15-8(17)10(2)5-11(10,12)13/h4H,3,5H2,1-2H3,(H,14,15,17). The molecule has 8 heteroatoms. The van der Waals surface area contributed by atoms with Crippen LogP contribution < -0.4 is 5.32 Å². The molecule has 19 heavy (non-hydrogen) atoms. The number of hydrogen-bond donors (Lipinski definition) is 1. The Morgan fingerprint density at radius 2 is 2.21 bits per heavy atom. The van der Waals surface area contributed by atoms with Crippen molar-refractivity contribution in [3.05, 3.63) is 11.1 Å². The Hall–Kier alpha value is -0.850. The molecule has 0 saturated heterocycles. The molecule has 0 spiro atoms. The largest absolute Gasteiger partial charge is 0.461 e. The average molecular weight is 323 g/mol. The van der Waals surface area contributed by atoms with E-state index in [0.717, 1.165) is 11.3 Å². The van der Waals surface area contributed by atoms with Crippen molar-refractivity contribution in [1.82, 2.24) is 4.98 Å². The zero-order chi connectivity index (χ0) is 14.3. The summed E-state index contributed by atoms with van der Waals surface area (Å²) in [5, 5.41) is 4.46. The van der Waals surface area contributed by atoms with Gasteiger partial charge in [-0.25, -0.2) is 9.78 Å². The second-order valence-electron chi connectivity index (χ2n) is 4.43. The molecule has 1 aliphatic carbocycles. The number of esters is 1. The van der Waals surface area contributed by atoms with E-state index in [1.165, 1.54) is 5.38 Å². The van der Waals surface area contributed by atoms with E-state index in [0.29, 0.717) is 11.6 Å². The molecule has 0 aliphatic heterocycles. The molecule has 1 fully saturated rings. The van der Waals surface area contributed by atoms with E-state index in [1.54, 1.807) is 13.8 Å². The van der Waals surface area contributed by atoms with Crippen LogP contribution in [0.5, 0.6) is 0 Å². The average Bonchev–Trinajstić information content (AvgIpc) is 2.70. The molecule has 0 bridgehead atoms. The van der Waals surface area contributed by atoms with Gasteiger partial charge in [-0.2, -0.15) is 0 Å². The van der Waals surface area contributed by atoms with Crippen LogP contribution in [0.3, 0.4) is 0 Å². The van der Waals surface area contributed by atoms with Gasteiger partial charge >= 0.3 is 5.97 Å². The number of aromatic nitrogens is 1. The van der Waals surface area contributed by atoms with E-state index in [1.807, 2.05) is 0 Å². The summed E-state index contributed by atoms with van der Waals surface area (Å²) in [6.07, 6.45) is 0.394. The summed E-state index contributed by atoms with van der Waals surface area (Å²) in [5.41, 5.74) is -0.641. The number of thiazole rings is 1. The highest BCUT2D eigenvalue weighted by Gasteiger charge is 2.68. The molecule has 1 atom stereocenters. The Bertz CT molecular complexity index is 532. The third-order valence-corrected chi connectivity index (χ3v) is 4.83. The quantitative estimate of drug-likeness (QED) is 0.683. The fraction of sp³-hybridized carbons (Fsp3) is 0.545. The van der Waals surface area contributed by atoms with Gasteiger partial charge in [-0.05, 0) is 20.3 Å². The lowest BCUT2D eigenvalue weighted by Crippen LogP contribution is -2.25. The number of anilines is 1. The number of alkyl halides is 2. The summed E-state index contributed by atoms with van der Waals surface area (Å²) in [5.74, 6) is -0.817. The highest BCUT2D eigenvalue weighted by Crippen LogP contribution is 2.64. The summed E-state index contributed by atoms with van der Waals surface area (Å²) in [7, 11) is 0. The molecule has 5 nitrogen and oxygen atoms in total. The smallest absolute Gasteiger partial charge is 0.357 e. The molecule has 1 N–H and O–H groups in total. The first kappa shape index (κ1) is 14.6. The second kappa shape index (κ2) is 4.92. The first-order chi connectivity index (χ1) is 8.80. The minimum Gasteiger partial charge on any atom is -0.461 e. The van der Waals surface area contributed by atoms with Crippen LogP contribution in [0.15, 0.2) is 5.38 Å². The van der Waals surface area contributed by atoms with Crippen LogP contribution in [0.2, 0.25) is 0 Å². The maximum Gasteiger partial charge on any atom is 0.357 e. The first-order valence-corrected chi connectivity index (χ1v) is 7.25. The van der Waals surface area contributed by atoms with E-state index < -0.39 is 15.7 Å². The summed E-state index contributed by atoms with van der Waals surface area (Å²) in [6.45, 7) is 3.67. The monoisotopic (exact) mass is 322 g/mol. The lowest BCUT2D eigenvalue weighted by Gasteiger charge is -2.10. The number of carbonyl (C=O) groups is 2. The van der Waals surface area contributed by atoms with E-state index in [2.05, 4.69) is 10.3 Å². The van der Waals surface area contributed by atoms with Gasteiger partial charge in [-0.1, -0.05) is 0 Å². The maximum absolute atomic E-state index is 12.0. The first-order valence-electron chi connectivity index (χ1n) is 5.62. The van der Waals surface area contributed by atoms with Crippen LogP contribution in [0.4, 0.5) is 5.13 Å². The van der Waals surface area contributed by atoms with Gasteiger partial charge in [-0.3, -0.25) is 4.79 Å². The van der Waals surface area contributed by atoms with Gasteiger partial charge in [0.05, 0.1) is 12.0 Å². The van der Waals surface area contributed by atoms with Crippen molar-refractivity contribution in [3.8, 4) is 0 Å². The van der Waals surface area contributed by atoms with Crippen LogP contribution >= 0.6 is 34.5 Å². The van der Waals surface area contributed by atoms with E-state index in [4.69, 9.17) is 27.9 Å². The predicted molar refractivity (Wildman–Crippen MR) is 73.9 cm³/mol. The van der Waals surface area contributed by atoms with E-state index in [9.17, 15) is 9.59 Å². The zero-order valence-corrected chi connectivity index (χ0v) is 12.7. The van der Waals surface area contributed by atoms with Crippen molar-refractivity contribution in [2.24, 2.45) is 5.41 Å². The van der Waals surface area contributed by atoms with Crippen LogP contribution in [-0.2, 0) is 9.53 Å². The van der Waals surface area contributed by atoms with Crippen LogP contribution in [0.1, 0.15) is 30.8 Å². The minimum absolute atomic E-state index is 0.172. The number of ether oxygens (including phenoxy) is 1. The van der Waals surface area contributed by atoms with E-state index >= 15 is 0 Å². The van der Waals surface area contributed by atoms with Crippen LogP contribution in [0, 0.1) is 5.41 Å². The number of amides is 1. The SMILES string of the molecule is CCOC(=O)c1csc(NC(=O)C2(C)CC2(Cl)Cl)n1. The number of halogens is 2. The Kier molecular flexibility index (Phi) is 3.77. The van der Waals surface area contributed by atoms with Crippen LogP contribution in [0.25, 0.3) is 0 Å². The summed E-state index contributed by atoms with van der Waals surface area (Å²) in [4.78, 5) is 27.4. The van der Waals surface area contributed by atoms with Crippen molar-refractivity contribution in [2.45, 2.75) is 24.6 Å². The molecule has 1 aromatic rings. The number of rotatable bonds is 4. The van der Waals surface area contributed by atoms with Gasteiger partial charge in [-0.15, -0.1) is 34.5 Å². The van der Waals surface area contributed by atoms with Gasteiger partial charge < -0.3 is 10.1 Å². The van der Waals surface area contributed by atoms with Gasteiger partial charge in [0.2, 0.25) is 5.91 Å². The molecule has 0 radical (unpaired) electrons. The zero-order valence-electron chi connectivity index (χ0n) is 10.3. The maximum atomic E-state index is 12.0. The Morgan fingerprint density at radius 3 is 2.74 bits per heavy atom. The fourth-order valence-corrected chi connectivity index (χ4v) is 2.89. The third kappa shape index (κ3) is 2.70. The molecule has 1 unspecified atom stereocenters. The number of hydrogen-bond acceptors (Lipinski definition) is 5. The molecule has 0 aromatic carbocycles. The third-order valence-electron chi connectivity index (χ3n) is 2.97. The van der Waals surface area contributed by atoms with Crippen molar-refractivity contribution in [3.63, 3.8) is 0 Å². The minimum atomic E-state index is -1.03. The molecule has 1 aromatic heterocycles. The van der Waals surface area contributed by atoms with Gasteiger partial charge in [0.15, 0.2) is 10.8 Å². The molecule has 1 saturated carbocycles. The Labute approximate surface area is 124 Å². The molecular weight excluding hydrogens is 311 g/mol. The highest BCUT2D eigenvalue weighted by atomic mass is 35.5. The van der Waals surface area contributed by atoms with Crippen LogP contribution in [-0.4, -0.2) is 27.8 Å². The van der Waals surface area contributed by atoms with Gasteiger partial charge in [0, 0.05) is 5.38 Å². The fourth-order valence-electron chi connectivity index (χ4n) is 1.51. The van der Waals surface area contributed by atoms with Crippen molar-refractivity contribution < 1.29 is 14.3 Å². The molecule has 104 valence electrons. The van der Waals surface area contributed by atoms with Gasteiger partial charge in [0.1, 0.15) is 4.33 Å². The number of nitrogens with zero attached hydrogens (tertiary/aromatic N) is 1. The summed E-state index contributed by atoms with van der Waals surface area (Å²) < 4.78 is 3.78. The molecule has 1 amide bonds. The topological polar surface area (TPSA) is 68.3 Å². The molecule has 2 rings (SSSR count). The highest BCUT2D eigenvalue weighted by molar-refractivity contribution is 7.14. The lowest BCUT2D eigenvalue weighted by atomic mass is 10.1. The number of carbonyl (C=O) groups excluding carboxylic acids is 2. The van der Waals surface area contributed by atoms with Crippen molar-refractivity contribution in [2.75, 3.05) is 11.9 Å². The van der Waals surface area contributed by atoms with Crippen molar-refractivity contribution >= 4 is 51.5 Å². The van der Waals surface area contributed by atoms with Crippen molar-refractivity contribution in [1.29, 1.82) is 0 Å². The summed E-state index contributed by atoms with van der Waals surface area (Å²) >= 11 is 13.0. The molecule has 1 aliphatic rings. The Morgan fingerprint density at radius 1 is 1.58 bits per heavy atom. The Balaban J connectivity index is 2.01. The van der Waals surface area contributed by atoms with E-state index in [-0.39, 0.29) is 18.2 Å². The molecule has 1 heterocycles. The normalized spacial score (nSPS) is 23.8. The van der Waals surface area contributed by atoms with Gasteiger partial charge in [0.25, 0.3) is 0 Å². The summed E-state index contributed by atoms with van der Waals surface area (Å²) in [6, 6.07) is 0. The number of nitrogens with one attached hydrogen (secondary N) is 1. The predicted octanol–water partition coefficient (Wildman–Crippen LogP) is 2.84.